The van der Waals surface area contributed by atoms with Crippen molar-refractivity contribution in [1.29, 1.82) is 0 Å². The fraction of sp³-hybridized carbons (Fsp3) is 0.357. The molecule has 0 fully saturated rings. The van der Waals surface area contributed by atoms with Crippen LogP contribution in [0.3, 0.4) is 0 Å². The summed E-state index contributed by atoms with van der Waals surface area (Å²) in [6, 6.07) is 17.3. The summed E-state index contributed by atoms with van der Waals surface area (Å²) in [6.45, 7) is 4.05. The summed E-state index contributed by atoms with van der Waals surface area (Å²) in [5.41, 5.74) is 4.48. The molecule has 1 unspecified atom stereocenters. The molecule has 11 heteroatoms. The first-order chi connectivity index (χ1) is 18.7. The summed E-state index contributed by atoms with van der Waals surface area (Å²) in [6.07, 6.45) is 0. The first kappa shape index (κ1) is 30.9. The van der Waals surface area contributed by atoms with Crippen LogP contribution in [0.5, 0.6) is 5.75 Å². The Morgan fingerprint density at radius 3 is 1.74 bits per heavy atom. The lowest BCUT2D eigenvalue weighted by molar-refractivity contribution is -0.0404. The Bertz CT molecular complexity index is 1320. The van der Waals surface area contributed by atoms with E-state index >= 15 is 0 Å². The predicted molar refractivity (Wildman–Crippen MR) is 147 cm³/mol. The topological polar surface area (TPSA) is 107 Å². The number of rotatable bonds is 16. The van der Waals surface area contributed by atoms with Gasteiger partial charge in [-0.3, -0.25) is 4.18 Å². The highest BCUT2D eigenvalue weighted by molar-refractivity contribution is 7.90. The van der Waals surface area contributed by atoms with Crippen LogP contribution in [0, 0.1) is 13.8 Å². The highest BCUT2D eigenvalue weighted by Gasteiger charge is 2.20. The second-order valence-electron chi connectivity index (χ2n) is 8.83. The number of hydrogen-bond donors (Lipinski definition) is 0. The van der Waals surface area contributed by atoms with Gasteiger partial charge in [-0.25, -0.2) is 8.42 Å². The molecule has 0 aromatic heterocycles. The molecule has 0 radical (unpaired) electrons. The molecular weight excluding hydrogens is 544 g/mol. The van der Waals surface area contributed by atoms with E-state index in [2.05, 4.69) is 0 Å². The van der Waals surface area contributed by atoms with Crippen LogP contribution >= 0.6 is 0 Å². The van der Waals surface area contributed by atoms with Gasteiger partial charge < -0.3 is 23.1 Å². The largest absolute Gasteiger partial charge is 0.380 e. The van der Waals surface area contributed by atoms with E-state index in [1.807, 2.05) is 26.0 Å². The summed E-state index contributed by atoms with van der Waals surface area (Å²) < 4.78 is 71.0. The maximum Gasteiger partial charge on any atom is 0.360 e. The Balaban J connectivity index is 1.88. The Labute approximate surface area is 232 Å². The molecule has 0 saturated heterocycles. The number of ether oxygens (including phenoxy) is 4. The number of aryl methyl sites for hydroxylation is 2. The quantitative estimate of drug-likeness (QED) is 0.177. The number of benzene rings is 3. The molecule has 0 aliphatic rings. The van der Waals surface area contributed by atoms with Crippen LogP contribution in [0.15, 0.2) is 65.6 Å². The monoisotopic (exact) mass is 578 g/mol. The minimum atomic E-state index is -3.65. The summed E-state index contributed by atoms with van der Waals surface area (Å²) in [7, 11) is -0.647. The van der Waals surface area contributed by atoms with Crippen molar-refractivity contribution in [2.45, 2.75) is 44.3 Å². The third kappa shape index (κ3) is 9.80. The fourth-order valence-electron chi connectivity index (χ4n) is 3.64. The van der Waals surface area contributed by atoms with Crippen LogP contribution in [0.1, 0.15) is 33.4 Å². The maximum absolute atomic E-state index is 13.3. The van der Waals surface area contributed by atoms with Gasteiger partial charge in [0.1, 0.15) is 19.3 Å². The molecule has 0 saturated carbocycles. The van der Waals surface area contributed by atoms with E-state index in [4.69, 9.17) is 27.3 Å². The zero-order chi connectivity index (χ0) is 28.3. The van der Waals surface area contributed by atoms with Crippen molar-refractivity contribution in [3.63, 3.8) is 0 Å². The number of hydrogen-bond acceptors (Lipinski definition) is 9. The zero-order valence-corrected chi connectivity index (χ0v) is 24.1. The van der Waals surface area contributed by atoms with Crippen molar-refractivity contribution in [3.8, 4) is 5.75 Å². The smallest absolute Gasteiger partial charge is 0.360 e. The highest BCUT2D eigenvalue weighted by Crippen LogP contribution is 2.26. The third-order valence-corrected chi connectivity index (χ3v) is 7.98. The van der Waals surface area contributed by atoms with Crippen molar-refractivity contribution in [2.75, 3.05) is 27.8 Å². The van der Waals surface area contributed by atoms with Gasteiger partial charge in [-0.05, 0) is 60.4 Å². The molecule has 0 bridgehead atoms. The Hall–Kier alpha value is -2.64. The van der Waals surface area contributed by atoms with E-state index in [0.717, 1.165) is 11.1 Å². The average Bonchev–Trinajstić information content (AvgIpc) is 2.90. The van der Waals surface area contributed by atoms with Gasteiger partial charge in [0.2, 0.25) is 0 Å². The van der Waals surface area contributed by atoms with Crippen LogP contribution in [0.2, 0.25) is 0 Å². The van der Waals surface area contributed by atoms with Crippen LogP contribution in [-0.2, 0) is 69.9 Å². The summed E-state index contributed by atoms with van der Waals surface area (Å²) in [5, 5.41) is 0. The molecule has 3 rings (SSSR count). The van der Waals surface area contributed by atoms with Gasteiger partial charge in [0.25, 0.3) is 0 Å². The molecule has 0 aliphatic heterocycles. The molecule has 1 atom stereocenters. The minimum absolute atomic E-state index is 0.0308. The average molecular weight is 579 g/mol. The molecule has 0 aliphatic carbocycles. The van der Waals surface area contributed by atoms with Gasteiger partial charge in [0.05, 0.1) is 30.5 Å². The van der Waals surface area contributed by atoms with Crippen molar-refractivity contribution in [2.24, 2.45) is 0 Å². The molecule has 39 heavy (non-hydrogen) atoms. The second-order valence-corrected chi connectivity index (χ2v) is 11.6. The van der Waals surface area contributed by atoms with Crippen LogP contribution in [0.4, 0.5) is 0 Å². The molecule has 0 spiro atoms. The second kappa shape index (κ2) is 15.2. The van der Waals surface area contributed by atoms with E-state index in [1.165, 1.54) is 14.2 Å². The molecular formula is C28H34O9S2. The van der Waals surface area contributed by atoms with Crippen molar-refractivity contribution in [3.05, 3.63) is 94.0 Å². The molecule has 0 heterocycles. The van der Waals surface area contributed by atoms with Crippen molar-refractivity contribution < 1.29 is 39.9 Å². The molecule has 0 N–H and O–H groups in total. The summed E-state index contributed by atoms with van der Waals surface area (Å²) >= 11 is -2.07. The zero-order valence-electron chi connectivity index (χ0n) is 22.5. The lowest BCUT2D eigenvalue weighted by Crippen LogP contribution is -2.12. The lowest BCUT2D eigenvalue weighted by Gasteiger charge is -2.17. The number of methoxy groups -OCH3 is 2. The molecule has 0 amide bonds. The van der Waals surface area contributed by atoms with Gasteiger partial charge in [0, 0.05) is 14.2 Å². The highest BCUT2D eigenvalue weighted by atomic mass is 32.2. The van der Waals surface area contributed by atoms with E-state index in [1.54, 1.807) is 48.5 Å². The summed E-state index contributed by atoms with van der Waals surface area (Å²) in [4.78, 5) is 0.227. The van der Waals surface area contributed by atoms with Gasteiger partial charge in [-0.2, -0.15) is 4.21 Å². The Morgan fingerprint density at radius 2 is 1.18 bits per heavy atom. The normalized spacial score (nSPS) is 12.4. The van der Waals surface area contributed by atoms with Gasteiger partial charge in [-0.15, -0.1) is 0 Å². The molecule has 3 aromatic rings. The minimum Gasteiger partial charge on any atom is -0.380 e. The van der Waals surface area contributed by atoms with Gasteiger partial charge in [0.15, 0.2) is 9.84 Å². The van der Waals surface area contributed by atoms with Crippen molar-refractivity contribution in [1.82, 2.24) is 0 Å². The van der Waals surface area contributed by atoms with Crippen LogP contribution in [0.25, 0.3) is 0 Å². The lowest BCUT2D eigenvalue weighted by atomic mass is 10.00. The van der Waals surface area contributed by atoms with E-state index < -0.39 is 21.2 Å². The Morgan fingerprint density at radius 1 is 0.692 bits per heavy atom. The standard InChI is InChI=1S/C28H34O9S2/c1-21-5-9-27(10-6-21)37-38(29)36-17-25-13-24(16-35-20-33-4)26(14-23(25)15-34-19-32-3)18-39(30,31)28-11-7-22(2)8-12-28/h5-14H,15-20H2,1-4H3. The summed E-state index contributed by atoms with van der Waals surface area (Å²) in [5.74, 6) is 0.163. The molecule has 212 valence electrons. The number of sulfone groups is 1. The predicted octanol–water partition coefficient (Wildman–Crippen LogP) is 4.69. The fourth-order valence-corrected chi connectivity index (χ4v) is 5.58. The van der Waals surface area contributed by atoms with Gasteiger partial charge >= 0.3 is 11.4 Å². The van der Waals surface area contributed by atoms with E-state index in [-0.39, 0.29) is 44.1 Å². The van der Waals surface area contributed by atoms with E-state index in [0.29, 0.717) is 28.0 Å². The third-order valence-electron chi connectivity index (χ3n) is 5.66. The SMILES string of the molecule is COCOCc1cc(CS(=O)(=O)c2ccc(C)cc2)c(COCOC)cc1COS(=O)Oc1ccc(C)cc1. The van der Waals surface area contributed by atoms with Crippen LogP contribution < -0.4 is 4.18 Å². The maximum atomic E-state index is 13.3. The molecule has 3 aromatic carbocycles. The van der Waals surface area contributed by atoms with Crippen molar-refractivity contribution >= 4 is 21.2 Å². The molecule has 9 nitrogen and oxygen atoms in total. The first-order valence-corrected chi connectivity index (χ1v) is 14.7. The first-order valence-electron chi connectivity index (χ1n) is 12.1. The van der Waals surface area contributed by atoms with Gasteiger partial charge in [-0.1, -0.05) is 47.5 Å². The van der Waals surface area contributed by atoms with E-state index in [9.17, 15) is 12.6 Å². The van der Waals surface area contributed by atoms with Crippen LogP contribution in [-0.4, -0.2) is 40.4 Å². The Kier molecular flexibility index (Phi) is 12.1.